The Morgan fingerprint density at radius 3 is 2.16 bits per heavy atom. The van der Waals surface area contributed by atoms with Gasteiger partial charge in [-0.25, -0.2) is 4.98 Å². The Morgan fingerprint density at radius 1 is 0.784 bits per heavy atom. The number of pyridine rings is 2. The van der Waals surface area contributed by atoms with Crippen molar-refractivity contribution in [1.29, 1.82) is 0 Å². The van der Waals surface area contributed by atoms with Gasteiger partial charge >= 0.3 is 0 Å². The van der Waals surface area contributed by atoms with E-state index < -0.39 is 0 Å². The van der Waals surface area contributed by atoms with Gasteiger partial charge in [0.15, 0.2) is 5.11 Å². The van der Waals surface area contributed by atoms with Crippen LogP contribution >= 0.6 is 12.2 Å². The van der Waals surface area contributed by atoms with Crippen molar-refractivity contribution in [3.05, 3.63) is 133 Å². The van der Waals surface area contributed by atoms with E-state index in [0.717, 1.165) is 34.4 Å². The van der Waals surface area contributed by atoms with Gasteiger partial charge in [0, 0.05) is 30.0 Å². The average Bonchev–Trinajstić information content (AvgIpc) is 3.56. The Kier molecular flexibility index (Phi) is 6.12. The summed E-state index contributed by atoms with van der Waals surface area (Å²) in [5.41, 5.74) is 4.14. The molecule has 0 amide bonds. The van der Waals surface area contributed by atoms with Crippen LogP contribution in [0.1, 0.15) is 29.0 Å². The van der Waals surface area contributed by atoms with Crippen LogP contribution in [0.4, 0.5) is 5.69 Å². The highest BCUT2D eigenvalue weighted by molar-refractivity contribution is 7.80. The monoisotopic (exact) mass is 503 g/mol. The molecule has 0 bridgehead atoms. The Bertz CT molecular complexity index is 1500. The molecule has 2 aromatic carbocycles. The van der Waals surface area contributed by atoms with Gasteiger partial charge in [-0.2, -0.15) is 0 Å². The maximum atomic E-state index is 6.05. The van der Waals surface area contributed by atoms with E-state index in [0.29, 0.717) is 5.11 Å². The summed E-state index contributed by atoms with van der Waals surface area (Å²) in [6.45, 7) is 2.06. The van der Waals surface area contributed by atoms with Crippen LogP contribution < -0.4 is 15.0 Å². The molecular formula is C30H25N5OS. The number of thiocarbonyl (C=S) groups is 1. The third-order valence-electron chi connectivity index (χ3n) is 6.45. The molecule has 0 aliphatic carbocycles. The zero-order valence-electron chi connectivity index (χ0n) is 20.2. The largest absolute Gasteiger partial charge is 0.457 e. The summed E-state index contributed by atoms with van der Waals surface area (Å²) in [5.74, 6) is 2.42. The summed E-state index contributed by atoms with van der Waals surface area (Å²) in [6, 6.07) is 31.8. The van der Waals surface area contributed by atoms with Gasteiger partial charge in [-0.1, -0.05) is 29.8 Å². The Balaban J connectivity index is 1.38. The van der Waals surface area contributed by atoms with Crippen LogP contribution in [0.25, 0.3) is 5.82 Å². The molecular weight excluding hydrogens is 478 g/mol. The van der Waals surface area contributed by atoms with Crippen LogP contribution in [0, 0.1) is 6.92 Å². The second kappa shape index (κ2) is 9.87. The first kappa shape index (κ1) is 22.9. The summed E-state index contributed by atoms with van der Waals surface area (Å²) in [6.07, 6.45) is 5.65. The van der Waals surface area contributed by atoms with Gasteiger partial charge in [-0.15, -0.1) is 0 Å². The van der Waals surface area contributed by atoms with Crippen molar-refractivity contribution in [2.75, 3.05) is 4.90 Å². The minimum absolute atomic E-state index is 0.144. The minimum atomic E-state index is -0.150. The van der Waals surface area contributed by atoms with E-state index in [1.807, 2.05) is 103 Å². The molecule has 37 heavy (non-hydrogen) atoms. The number of anilines is 1. The highest BCUT2D eigenvalue weighted by Crippen LogP contribution is 2.42. The van der Waals surface area contributed by atoms with E-state index in [1.54, 1.807) is 6.20 Å². The van der Waals surface area contributed by atoms with Crippen LogP contribution in [0.2, 0.25) is 0 Å². The first-order valence-electron chi connectivity index (χ1n) is 12.1. The second-order valence-electron chi connectivity index (χ2n) is 8.90. The topological polar surface area (TPSA) is 55.2 Å². The molecule has 182 valence electrons. The highest BCUT2D eigenvalue weighted by atomic mass is 32.1. The number of hydrogen-bond acceptors (Lipinski definition) is 4. The standard InChI is InChI=1S/C30H25N5OS/c1-21-10-14-23(15-11-21)36-24-16-12-22(13-17-24)35-29(28(33-30(35)37)25-7-2-4-18-31-25)26-8-6-20-34(26)27-9-3-5-19-32-27/h2-20,28-29H,1H3,(H,33,37). The second-order valence-corrected chi connectivity index (χ2v) is 9.28. The average molecular weight is 504 g/mol. The van der Waals surface area contributed by atoms with E-state index in [9.17, 15) is 0 Å². The van der Waals surface area contributed by atoms with Gasteiger partial charge in [0.2, 0.25) is 0 Å². The Hall–Kier alpha value is -4.49. The molecule has 1 aliphatic rings. The molecule has 1 aliphatic heterocycles. The molecule has 0 spiro atoms. The maximum absolute atomic E-state index is 6.05. The summed E-state index contributed by atoms with van der Waals surface area (Å²) in [7, 11) is 0. The van der Waals surface area contributed by atoms with Crippen molar-refractivity contribution in [3.8, 4) is 17.3 Å². The number of nitrogens with zero attached hydrogens (tertiary/aromatic N) is 4. The van der Waals surface area contributed by atoms with Gasteiger partial charge in [0.25, 0.3) is 0 Å². The van der Waals surface area contributed by atoms with Crippen LogP contribution in [0.5, 0.6) is 11.5 Å². The van der Waals surface area contributed by atoms with Crippen LogP contribution in [0.15, 0.2) is 116 Å². The van der Waals surface area contributed by atoms with Crippen molar-refractivity contribution in [1.82, 2.24) is 19.9 Å². The summed E-state index contributed by atoms with van der Waals surface area (Å²) >= 11 is 5.89. The Morgan fingerprint density at radius 2 is 1.49 bits per heavy atom. The number of rotatable bonds is 6. The van der Waals surface area contributed by atoms with Crippen LogP contribution in [-0.2, 0) is 0 Å². The number of hydrogen-bond donors (Lipinski definition) is 1. The lowest BCUT2D eigenvalue weighted by Gasteiger charge is -2.29. The lowest BCUT2D eigenvalue weighted by Crippen LogP contribution is -2.30. The molecule has 6 nitrogen and oxygen atoms in total. The number of aromatic nitrogens is 3. The molecule has 1 saturated heterocycles. The van der Waals surface area contributed by atoms with Gasteiger partial charge in [-0.05, 0) is 91.9 Å². The van der Waals surface area contributed by atoms with E-state index in [-0.39, 0.29) is 12.1 Å². The first-order chi connectivity index (χ1) is 18.2. The fraction of sp³-hybridized carbons (Fsp3) is 0.100. The van der Waals surface area contributed by atoms with Crippen molar-refractivity contribution in [2.24, 2.45) is 0 Å². The van der Waals surface area contributed by atoms with Crippen molar-refractivity contribution < 1.29 is 4.74 Å². The lowest BCUT2D eigenvalue weighted by atomic mass is 10.0. The molecule has 7 heteroatoms. The van der Waals surface area contributed by atoms with Crippen molar-refractivity contribution >= 4 is 23.0 Å². The smallest absolute Gasteiger partial charge is 0.174 e. The normalized spacial score (nSPS) is 17.0. The van der Waals surface area contributed by atoms with E-state index in [1.165, 1.54) is 5.56 Å². The Labute approximate surface area is 221 Å². The molecule has 2 atom stereocenters. The quantitative estimate of drug-likeness (QED) is 0.265. The fourth-order valence-electron chi connectivity index (χ4n) is 4.69. The van der Waals surface area contributed by atoms with E-state index in [4.69, 9.17) is 17.0 Å². The first-order valence-corrected chi connectivity index (χ1v) is 12.5. The summed E-state index contributed by atoms with van der Waals surface area (Å²) in [5, 5.41) is 4.17. The maximum Gasteiger partial charge on any atom is 0.174 e. The molecule has 0 saturated carbocycles. The number of benzene rings is 2. The van der Waals surface area contributed by atoms with E-state index in [2.05, 4.69) is 37.7 Å². The number of aryl methyl sites for hydroxylation is 1. The van der Waals surface area contributed by atoms with Gasteiger partial charge < -0.3 is 19.5 Å². The minimum Gasteiger partial charge on any atom is -0.457 e. The predicted molar refractivity (Wildman–Crippen MR) is 149 cm³/mol. The molecule has 0 radical (unpaired) electrons. The molecule has 6 rings (SSSR count). The molecule has 3 aromatic heterocycles. The molecule has 4 heterocycles. The van der Waals surface area contributed by atoms with Crippen LogP contribution in [-0.4, -0.2) is 19.6 Å². The third-order valence-corrected chi connectivity index (χ3v) is 6.76. The number of nitrogens with one attached hydrogen (secondary N) is 1. The van der Waals surface area contributed by atoms with Gasteiger partial charge in [0.05, 0.1) is 11.7 Å². The van der Waals surface area contributed by atoms with Gasteiger partial charge in [0.1, 0.15) is 23.4 Å². The summed E-state index contributed by atoms with van der Waals surface area (Å²) in [4.78, 5) is 11.4. The molecule has 1 fully saturated rings. The van der Waals surface area contributed by atoms with Gasteiger partial charge in [-0.3, -0.25) is 4.98 Å². The SMILES string of the molecule is Cc1ccc(Oc2ccc(N3C(=S)NC(c4ccccn4)C3c3cccn3-c3ccccn3)cc2)cc1. The number of ether oxygens (including phenoxy) is 1. The zero-order valence-corrected chi connectivity index (χ0v) is 21.0. The van der Waals surface area contributed by atoms with Crippen molar-refractivity contribution in [2.45, 2.75) is 19.0 Å². The highest BCUT2D eigenvalue weighted by Gasteiger charge is 2.42. The lowest BCUT2D eigenvalue weighted by molar-refractivity contribution is 0.482. The van der Waals surface area contributed by atoms with Crippen molar-refractivity contribution in [3.63, 3.8) is 0 Å². The molecule has 1 N–H and O–H groups in total. The molecule has 2 unspecified atom stereocenters. The zero-order chi connectivity index (χ0) is 25.2. The van der Waals surface area contributed by atoms with E-state index >= 15 is 0 Å². The fourth-order valence-corrected chi connectivity index (χ4v) is 5.04. The molecule has 5 aromatic rings. The predicted octanol–water partition coefficient (Wildman–Crippen LogP) is 6.55. The summed E-state index contributed by atoms with van der Waals surface area (Å²) < 4.78 is 8.16. The van der Waals surface area contributed by atoms with Crippen LogP contribution in [0.3, 0.4) is 0 Å². The third kappa shape index (κ3) is 4.57.